The Morgan fingerprint density at radius 2 is 2.03 bits per heavy atom. The van der Waals surface area contributed by atoms with Gasteiger partial charge in [0, 0.05) is 19.5 Å². The third-order valence-corrected chi connectivity index (χ3v) is 5.90. The molecule has 3 aliphatic rings. The highest BCUT2D eigenvalue weighted by molar-refractivity contribution is 6.05. The van der Waals surface area contributed by atoms with Crippen LogP contribution in [0.3, 0.4) is 0 Å². The van der Waals surface area contributed by atoms with Crippen molar-refractivity contribution in [2.45, 2.75) is 38.1 Å². The second-order valence-electron chi connectivity index (χ2n) is 7.99. The largest absolute Gasteiger partial charge is 0.366 e. The minimum absolute atomic E-state index is 0.0211. The number of rotatable bonds is 5. The van der Waals surface area contributed by atoms with E-state index in [-0.39, 0.29) is 23.7 Å². The number of pyridine rings is 2. The number of Topliss-reactive ketones (excluding diaryl/α,β-unsaturated/α-hetero) is 1. The van der Waals surface area contributed by atoms with E-state index in [1.54, 1.807) is 11.0 Å². The van der Waals surface area contributed by atoms with Crippen LogP contribution in [0.2, 0.25) is 0 Å². The normalized spacial score (nSPS) is 19.8. The molecule has 0 radical (unpaired) electrons. The molecule has 2 bridgehead atoms. The number of amides is 2. The molecule has 7 nitrogen and oxygen atoms in total. The molecule has 0 spiro atoms. The van der Waals surface area contributed by atoms with Gasteiger partial charge in [-0.1, -0.05) is 12.8 Å². The lowest BCUT2D eigenvalue weighted by molar-refractivity contribution is 0.0973. The SMILES string of the molecule is O=C(CCC1CC1)c1ccc2c(n1)N(C(=O)Nc1ccc(F)cn1)[C@H]1CCN2C1. The van der Waals surface area contributed by atoms with Gasteiger partial charge in [0.25, 0.3) is 0 Å². The zero-order valence-corrected chi connectivity index (χ0v) is 16.0. The summed E-state index contributed by atoms with van der Waals surface area (Å²) in [5.74, 6) is 1.02. The van der Waals surface area contributed by atoms with Crippen molar-refractivity contribution in [3.63, 3.8) is 0 Å². The summed E-state index contributed by atoms with van der Waals surface area (Å²) in [6.07, 6.45) is 5.72. The van der Waals surface area contributed by atoms with E-state index in [0.717, 1.165) is 37.8 Å². The predicted molar refractivity (Wildman–Crippen MR) is 107 cm³/mol. The maximum atomic E-state index is 13.1. The van der Waals surface area contributed by atoms with Crippen LogP contribution in [0, 0.1) is 11.7 Å². The summed E-state index contributed by atoms with van der Waals surface area (Å²) in [7, 11) is 0. The van der Waals surface area contributed by atoms with Gasteiger partial charge in [-0.2, -0.15) is 0 Å². The van der Waals surface area contributed by atoms with E-state index in [0.29, 0.717) is 23.9 Å². The Morgan fingerprint density at radius 1 is 1.17 bits per heavy atom. The monoisotopic (exact) mass is 395 g/mol. The fraction of sp³-hybridized carbons (Fsp3) is 0.429. The molecule has 1 saturated heterocycles. The number of carbonyl (C=O) groups excluding carboxylic acids is 2. The maximum Gasteiger partial charge on any atom is 0.329 e. The lowest BCUT2D eigenvalue weighted by Gasteiger charge is -2.35. The van der Waals surface area contributed by atoms with Crippen molar-refractivity contribution in [3.05, 3.63) is 42.0 Å². The Hall–Kier alpha value is -3.03. The number of nitrogens with one attached hydrogen (secondary N) is 1. The highest BCUT2D eigenvalue weighted by Gasteiger charge is 2.40. The van der Waals surface area contributed by atoms with Gasteiger partial charge in [-0.05, 0) is 43.0 Å². The highest BCUT2D eigenvalue weighted by Crippen LogP contribution is 2.39. The third kappa shape index (κ3) is 3.54. The van der Waals surface area contributed by atoms with Crippen LogP contribution in [-0.2, 0) is 0 Å². The average molecular weight is 395 g/mol. The van der Waals surface area contributed by atoms with Crippen molar-refractivity contribution in [1.29, 1.82) is 0 Å². The first-order chi connectivity index (χ1) is 14.1. The Labute approximate surface area is 167 Å². The molecule has 0 aromatic carbocycles. The minimum Gasteiger partial charge on any atom is -0.366 e. The summed E-state index contributed by atoms with van der Waals surface area (Å²) in [6.45, 7) is 1.57. The van der Waals surface area contributed by atoms with Crippen molar-refractivity contribution in [3.8, 4) is 0 Å². The summed E-state index contributed by atoms with van der Waals surface area (Å²) in [4.78, 5) is 38.0. The number of urea groups is 1. The van der Waals surface area contributed by atoms with Gasteiger partial charge in [-0.25, -0.2) is 19.2 Å². The smallest absolute Gasteiger partial charge is 0.329 e. The van der Waals surface area contributed by atoms with E-state index in [2.05, 4.69) is 20.2 Å². The third-order valence-electron chi connectivity index (χ3n) is 5.90. The van der Waals surface area contributed by atoms with Crippen molar-refractivity contribution in [1.82, 2.24) is 9.97 Å². The fourth-order valence-electron chi connectivity index (χ4n) is 4.12. The van der Waals surface area contributed by atoms with E-state index < -0.39 is 5.82 Å². The average Bonchev–Trinajstić information content (AvgIpc) is 3.47. The molecule has 150 valence electrons. The van der Waals surface area contributed by atoms with Crippen LogP contribution in [0.25, 0.3) is 0 Å². The molecule has 1 aliphatic carbocycles. The van der Waals surface area contributed by atoms with Crippen LogP contribution in [0.1, 0.15) is 42.6 Å². The van der Waals surface area contributed by atoms with Crippen LogP contribution >= 0.6 is 0 Å². The second kappa shape index (κ2) is 7.09. The number of nitrogens with zero attached hydrogens (tertiary/aromatic N) is 4. The Morgan fingerprint density at radius 3 is 2.79 bits per heavy atom. The van der Waals surface area contributed by atoms with E-state index in [9.17, 15) is 14.0 Å². The van der Waals surface area contributed by atoms with E-state index in [4.69, 9.17) is 0 Å². The molecular weight excluding hydrogens is 373 g/mol. The van der Waals surface area contributed by atoms with Crippen LogP contribution < -0.4 is 15.1 Å². The van der Waals surface area contributed by atoms with Gasteiger partial charge < -0.3 is 4.90 Å². The van der Waals surface area contributed by atoms with Gasteiger partial charge in [0.2, 0.25) is 0 Å². The molecule has 0 unspecified atom stereocenters. The quantitative estimate of drug-likeness (QED) is 0.783. The topological polar surface area (TPSA) is 78.4 Å². The van der Waals surface area contributed by atoms with Gasteiger partial charge in [-0.3, -0.25) is 15.0 Å². The molecule has 5 rings (SSSR count). The lowest BCUT2D eigenvalue weighted by atomic mass is 10.1. The molecule has 2 aromatic heterocycles. The van der Waals surface area contributed by atoms with E-state index >= 15 is 0 Å². The molecule has 2 aromatic rings. The Kier molecular flexibility index (Phi) is 4.41. The summed E-state index contributed by atoms with van der Waals surface area (Å²) in [5.41, 5.74) is 1.27. The number of hydrogen-bond acceptors (Lipinski definition) is 5. The number of halogens is 1. The minimum atomic E-state index is -0.464. The lowest BCUT2D eigenvalue weighted by Crippen LogP contribution is -2.48. The highest BCUT2D eigenvalue weighted by atomic mass is 19.1. The molecule has 8 heteroatoms. The van der Waals surface area contributed by atoms with Crippen LogP contribution in [0.5, 0.6) is 0 Å². The number of anilines is 3. The van der Waals surface area contributed by atoms with Crippen molar-refractivity contribution in [2.75, 3.05) is 28.2 Å². The first-order valence-corrected chi connectivity index (χ1v) is 10.1. The van der Waals surface area contributed by atoms with Crippen LogP contribution in [0.15, 0.2) is 30.5 Å². The number of hydrogen-bond donors (Lipinski definition) is 1. The Bertz CT molecular complexity index is 960. The first kappa shape index (κ1) is 18.0. The number of aromatic nitrogens is 2. The van der Waals surface area contributed by atoms with Crippen molar-refractivity contribution >= 4 is 29.1 Å². The molecule has 2 aliphatic heterocycles. The van der Waals surface area contributed by atoms with Crippen LogP contribution in [-0.4, -0.2) is 40.9 Å². The van der Waals surface area contributed by atoms with Crippen molar-refractivity contribution < 1.29 is 14.0 Å². The fourth-order valence-corrected chi connectivity index (χ4v) is 4.12. The first-order valence-electron chi connectivity index (χ1n) is 10.1. The molecular formula is C21H22FN5O2. The second-order valence-corrected chi connectivity index (χ2v) is 7.99. The van der Waals surface area contributed by atoms with Crippen LogP contribution in [0.4, 0.5) is 26.5 Å². The predicted octanol–water partition coefficient (Wildman–Crippen LogP) is 3.62. The zero-order chi connectivity index (χ0) is 20.0. The summed E-state index contributed by atoms with van der Waals surface area (Å²) in [6, 6.07) is 5.94. The van der Waals surface area contributed by atoms with Gasteiger partial charge in [0.05, 0.1) is 17.9 Å². The van der Waals surface area contributed by atoms with Gasteiger partial charge >= 0.3 is 6.03 Å². The number of ketones is 1. The van der Waals surface area contributed by atoms with Gasteiger partial charge in [-0.15, -0.1) is 0 Å². The maximum absolute atomic E-state index is 13.1. The number of carbonyl (C=O) groups is 2. The standard InChI is InChI=1S/C21H22FN5O2/c22-14-4-8-19(23-11-14)25-21(29)27-15-9-10-26(12-15)17-6-5-16(24-20(17)27)18(28)7-3-13-1-2-13/h4-6,8,11,13,15H,1-3,7,9-10,12H2,(H,23,25,29)/t15-/m0/s1. The summed E-state index contributed by atoms with van der Waals surface area (Å²) >= 11 is 0. The van der Waals surface area contributed by atoms with E-state index in [1.807, 2.05) is 6.07 Å². The van der Waals surface area contributed by atoms with E-state index in [1.165, 1.54) is 25.0 Å². The molecule has 4 heterocycles. The molecule has 29 heavy (non-hydrogen) atoms. The molecule has 1 N–H and O–H groups in total. The number of fused-ring (bicyclic) bond motifs is 4. The zero-order valence-electron chi connectivity index (χ0n) is 16.0. The molecule has 2 amide bonds. The van der Waals surface area contributed by atoms with Gasteiger partial charge in [0.1, 0.15) is 17.3 Å². The molecule has 2 fully saturated rings. The van der Waals surface area contributed by atoms with Gasteiger partial charge in [0.15, 0.2) is 11.6 Å². The Balaban J connectivity index is 1.42. The summed E-state index contributed by atoms with van der Waals surface area (Å²) in [5, 5.41) is 2.73. The van der Waals surface area contributed by atoms with Crippen molar-refractivity contribution in [2.24, 2.45) is 5.92 Å². The molecule has 1 saturated carbocycles. The summed E-state index contributed by atoms with van der Waals surface area (Å²) < 4.78 is 13.1. The molecule has 1 atom stereocenters.